The van der Waals surface area contributed by atoms with Gasteiger partial charge in [0.05, 0.1) is 6.54 Å². The highest BCUT2D eigenvalue weighted by Crippen LogP contribution is 2.39. The predicted octanol–water partition coefficient (Wildman–Crippen LogP) is 3.13. The first kappa shape index (κ1) is 17.9. The minimum absolute atomic E-state index is 0.143. The Balaban J connectivity index is 1.20. The zero-order valence-electron chi connectivity index (χ0n) is 14.8. The van der Waals surface area contributed by atoms with Crippen LogP contribution in [0.25, 0.3) is 0 Å². The van der Waals surface area contributed by atoms with Crippen LogP contribution in [0.2, 0.25) is 0 Å². The van der Waals surface area contributed by atoms with E-state index < -0.39 is 17.6 Å². The summed E-state index contributed by atoms with van der Waals surface area (Å²) >= 11 is 0. The number of carbonyl (C=O) groups is 1. The number of benzene rings is 1. The van der Waals surface area contributed by atoms with Crippen LogP contribution in [-0.4, -0.2) is 47.2 Å². The Kier molecular flexibility index (Phi) is 4.97. The largest absolute Gasteiger partial charge is 0.480 e. The van der Waals surface area contributed by atoms with Crippen LogP contribution in [0.5, 0.6) is 0 Å². The van der Waals surface area contributed by atoms with Gasteiger partial charge in [0.2, 0.25) is 0 Å². The number of carboxylic acid groups (broad SMARTS) is 1. The van der Waals surface area contributed by atoms with E-state index in [1.54, 1.807) is 0 Å². The second-order valence-electron chi connectivity index (χ2n) is 8.32. The first-order chi connectivity index (χ1) is 12.5. The Hall–Kier alpha value is -1.53. The molecule has 3 fully saturated rings. The zero-order chi connectivity index (χ0) is 18.3. The molecule has 0 aliphatic heterocycles. The Labute approximate surface area is 152 Å². The lowest BCUT2D eigenvalue weighted by atomic mass is 9.74. The van der Waals surface area contributed by atoms with E-state index in [-0.39, 0.29) is 12.5 Å². The minimum atomic E-state index is -0.744. The Bertz CT molecular complexity index is 648. The molecule has 142 valence electrons. The van der Waals surface area contributed by atoms with Crippen molar-refractivity contribution in [1.82, 2.24) is 10.2 Å². The molecule has 4 rings (SSSR count). The van der Waals surface area contributed by atoms with Gasteiger partial charge in [0.1, 0.15) is 11.6 Å². The summed E-state index contributed by atoms with van der Waals surface area (Å²) in [5.41, 5.74) is 0.754. The van der Waals surface area contributed by atoms with E-state index >= 15 is 0 Å². The third kappa shape index (κ3) is 4.23. The predicted molar refractivity (Wildman–Crippen MR) is 94.0 cm³/mol. The van der Waals surface area contributed by atoms with Crippen molar-refractivity contribution < 1.29 is 18.7 Å². The summed E-state index contributed by atoms with van der Waals surface area (Å²) < 4.78 is 26.6. The van der Waals surface area contributed by atoms with Gasteiger partial charge in [0, 0.05) is 30.7 Å². The maximum Gasteiger partial charge on any atom is 0.317 e. The quantitative estimate of drug-likeness (QED) is 0.744. The molecule has 0 aromatic heterocycles. The maximum absolute atomic E-state index is 13.3. The van der Waals surface area contributed by atoms with Crippen molar-refractivity contribution >= 4 is 5.97 Å². The Morgan fingerprint density at radius 3 is 2.27 bits per heavy atom. The highest BCUT2D eigenvalue weighted by molar-refractivity contribution is 5.69. The molecule has 0 unspecified atom stereocenters. The van der Waals surface area contributed by atoms with E-state index in [2.05, 4.69) is 10.2 Å². The van der Waals surface area contributed by atoms with E-state index in [0.29, 0.717) is 24.0 Å². The van der Waals surface area contributed by atoms with E-state index in [1.165, 1.54) is 25.0 Å². The molecule has 0 spiro atoms. The molecule has 1 aromatic carbocycles. The summed E-state index contributed by atoms with van der Waals surface area (Å²) in [4.78, 5) is 13.2. The van der Waals surface area contributed by atoms with Gasteiger partial charge in [-0.05, 0) is 68.1 Å². The highest BCUT2D eigenvalue weighted by atomic mass is 19.1. The van der Waals surface area contributed by atoms with Crippen molar-refractivity contribution in [1.29, 1.82) is 0 Å². The Morgan fingerprint density at radius 1 is 1.08 bits per heavy atom. The van der Waals surface area contributed by atoms with Crippen LogP contribution >= 0.6 is 0 Å². The summed E-state index contributed by atoms with van der Waals surface area (Å²) in [5.74, 6) is -0.835. The van der Waals surface area contributed by atoms with E-state index in [9.17, 15) is 13.6 Å². The number of rotatable bonds is 8. The highest BCUT2D eigenvalue weighted by Gasteiger charge is 2.40. The third-order valence-electron chi connectivity index (χ3n) is 6.12. The van der Waals surface area contributed by atoms with Crippen LogP contribution in [0, 0.1) is 17.6 Å². The van der Waals surface area contributed by atoms with Crippen LogP contribution in [-0.2, 0) is 4.79 Å². The second-order valence-corrected chi connectivity index (χ2v) is 8.32. The summed E-state index contributed by atoms with van der Waals surface area (Å²) in [6, 6.07) is 4.99. The molecule has 4 nitrogen and oxygen atoms in total. The van der Waals surface area contributed by atoms with Crippen LogP contribution < -0.4 is 5.32 Å². The van der Waals surface area contributed by atoms with Crippen molar-refractivity contribution in [2.45, 2.75) is 62.6 Å². The van der Waals surface area contributed by atoms with Gasteiger partial charge >= 0.3 is 5.97 Å². The molecule has 0 saturated heterocycles. The lowest BCUT2D eigenvalue weighted by Gasteiger charge is -2.47. The molecule has 0 atom stereocenters. The lowest BCUT2D eigenvalue weighted by Crippen LogP contribution is -2.57. The molecule has 26 heavy (non-hydrogen) atoms. The minimum Gasteiger partial charge on any atom is -0.480 e. The number of nitrogens with one attached hydrogen (secondary N) is 1. The van der Waals surface area contributed by atoms with Gasteiger partial charge in [-0.25, -0.2) is 8.78 Å². The molecular weight excluding hydrogens is 338 g/mol. The number of nitrogens with zero attached hydrogens (tertiary/aromatic N) is 1. The number of aliphatic carboxylic acids is 1. The molecule has 0 heterocycles. The second kappa shape index (κ2) is 7.24. The van der Waals surface area contributed by atoms with Crippen molar-refractivity contribution in [3.05, 3.63) is 35.4 Å². The fourth-order valence-electron chi connectivity index (χ4n) is 4.34. The molecule has 3 aliphatic rings. The zero-order valence-corrected chi connectivity index (χ0v) is 14.8. The molecular formula is C20H26F2N2O2. The van der Waals surface area contributed by atoms with Crippen LogP contribution in [0.4, 0.5) is 8.78 Å². The molecule has 0 amide bonds. The summed E-state index contributed by atoms with van der Waals surface area (Å²) in [7, 11) is 0. The van der Waals surface area contributed by atoms with Crippen LogP contribution in [0.15, 0.2) is 18.2 Å². The molecule has 3 aliphatic carbocycles. The summed E-state index contributed by atoms with van der Waals surface area (Å²) in [6.45, 7) is 1.06. The topological polar surface area (TPSA) is 52.6 Å². The van der Waals surface area contributed by atoms with Gasteiger partial charge in [-0.1, -0.05) is 0 Å². The number of hydrogen-bond acceptors (Lipinski definition) is 3. The Morgan fingerprint density at radius 2 is 1.69 bits per heavy atom. The number of carboxylic acids is 1. The van der Waals surface area contributed by atoms with Crippen molar-refractivity contribution in [2.75, 3.05) is 13.1 Å². The van der Waals surface area contributed by atoms with Gasteiger partial charge in [0.15, 0.2) is 0 Å². The maximum atomic E-state index is 13.3. The fraction of sp³-hybridized carbons (Fsp3) is 0.650. The number of hydrogen-bond donors (Lipinski definition) is 2. The fourth-order valence-corrected chi connectivity index (χ4v) is 4.34. The molecule has 0 radical (unpaired) electrons. The van der Waals surface area contributed by atoms with Crippen LogP contribution in [0.1, 0.15) is 50.0 Å². The lowest BCUT2D eigenvalue weighted by molar-refractivity contribution is -0.139. The summed E-state index contributed by atoms with van der Waals surface area (Å²) in [5, 5.41) is 12.7. The van der Waals surface area contributed by atoms with Gasteiger partial charge in [-0.2, -0.15) is 0 Å². The molecule has 3 saturated carbocycles. The molecule has 2 N–H and O–H groups in total. The van der Waals surface area contributed by atoms with Gasteiger partial charge in [-0.15, -0.1) is 0 Å². The van der Waals surface area contributed by atoms with Gasteiger partial charge in [-0.3, -0.25) is 9.69 Å². The molecule has 0 bridgehead atoms. The molecule has 6 heteroatoms. The first-order valence-corrected chi connectivity index (χ1v) is 9.64. The normalized spacial score (nSPS) is 30.7. The van der Waals surface area contributed by atoms with Crippen molar-refractivity contribution in [3.8, 4) is 0 Å². The third-order valence-corrected chi connectivity index (χ3v) is 6.12. The van der Waals surface area contributed by atoms with E-state index in [1.807, 2.05) is 0 Å². The number of halogens is 2. The first-order valence-electron chi connectivity index (χ1n) is 9.64. The van der Waals surface area contributed by atoms with Gasteiger partial charge in [0.25, 0.3) is 0 Å². The van der Waals surface area contributed by atoms with E-state index in [4.69, 9.17) is 5.11 Å². The monoisotopic (exact) mass is 364 g/mol. The van der Waals surface area contributed by atoms with Crippen LogP contribution in [0.3, 0.4) is 0 Å². The standard InChI is InChI=1S/C20H26F2N2O2/c21-15-3-13(4-16(22)7-15)14-5-17(6-14)23-18-8-19(9-18)24(11-20(25)26)10-12-1-2-12/h3-4,7,12,14,17-19,23H,1-2,5-6,8-11H2,(H,25,26). The van der Waals surface area contributed by atoms with Crippen molar-refractivity contribution in [3.63, 3.8) is 0 Å². The summed E-state index contributed by atoms with van der Waals surface area (Å²) in [6.07, 6.45) is 6.27. The van der Waals surface area contributed by atoms with Gasteiger partial charge < -0.3 is 10.4 Å². The SMILES string of the molecule is O=C(O)CN(CC1CC1)C1CC(NC2CC(c3cc(F)cc(F)c3)C2)C1. The average Bonchev–Trinajstić information content (AvgIpc) is 3.25. The molecule has 1 aromatic rings. The average molecular weight is 364 g/mol. The smallest absolute Gasteiger partial charge is 0.317 e. The van der Waals surface area contributed by atoms with E-state index in [0.717, 1.165) is 43.9 Å². The van der Waals surface area contributed by atoms with Crippen molar-refractivity contribution in [2.24, 2.45) is 5.92 Å².